The van der Waals surface area contributed by atoms with E-state index in [1.54, 1.807) is 19.1 Å². The van der Waals surface area contributed by atoms with Crippen molar-refractivity contribution < 1.29 is 17.9 Å². The molecule has 1 aliphatic heterocycles. The minimum atomic E-state index is -4.07. The second-order valence-electron chi connectivity index (χ2n) is 10.5. The number of sulfonamides is 1. The molecular weight excluding hydrogens is 500 g/mol. The third kappa shape index (κ3) is 5.83. The van der Waals surface area contributed by atoms with Crippen LogP contribution in [0.25, 0.3) is 11.3 Å². The van der Waals surface area contributed by atoms with Crippen LogP contribution in [-0.4, -0.2) is 36.9 Å². The normalized spacial score (nSPS) is 19.7. The van der Waals surface area contributed by atoms with Crippen molar-refractivity contribution in [3.8, 4) is 17.1 Å². The van der Waals surface area contributed by atoms with Crippen molar-refractivity contribution in [2.45, 2.75) is 70.2 Å². The third-order valence-electron chi connectivity index (χ3n) is 7.40. The Morgan fingerprint density at radius 3 is 2.45 bits per heavy atom. The van der Waals surface area contributed by atoms with Gasteiger partial charge in [0.05, 0.1) is 16.6 Å². The molecule has 8 nitrogen and oxygen atoms in total. The minimum absolute atomic E-state index is 0.0192. The molecule has 1 aliphatic carbocycles. The van der Waals surface area contributed by atoms with Gasteiger partial charge in [-0.25, -0.2) is 18.1 Å². The van der Waals surface area contributed by atoms with Crippen LogP contribution in [0.4, 0.5) is 5.95 Å². The Bertz CT molecular complexity index is 1450. The number of aryl methyl sites for hydroxylation is 3. The van der Waals surface area contributed by atoms with E-state index < -0.39 is 10.0 Å². The summed E-state index contributed by atoms with van der Waals surface area (Å²) in [5.41, 5.74) is 4.44. The number of nitrogens with one attached hydrogen (secondary N) is 2. The lowest BCUT2D eigenvalue weighted by molar-refractivity contribution is 0.0907. The number of fused-ring (bicyclic) bond motifs is 4. The van der Waals surface area contributed by atoms with Crippen LogP contribution in [0.15, 0.2) is 47.4 Å². The third-order valence-corrected chi connectivity index (χ3v) is 8.71. The van der Waals surface area contributed by atoms with Crippen molar-refractivity contribution in [1.82, 2.24) is 15.3 Å². The lowest BCUT2D eigenvalue weighted by Crippen LogP contribution is -2.41. The Hall–Kier alpha value is -3.46. The number of nitrogens with zero attached hydrogens (tertiary/aromatic N) is 2. The van der Waals surface area contributed by atoms with Gasteiger partial charge in [0.25, 0.3) is 15.9 Å². The molecule has 0 unspecified atom stereocenters. The molecule has 9 heteroatoms. The Labute approximate surface area is 224 Å². The number of amides is 1. The fraction of sp³-hybridized carbons (Fsp3) is 0.414. The summed E-state index contributed by atoms with van der Waals surface area (Å²) in [5.74, 6) is 0.364. The molecule has 200 valence electrons. The van der Waals surface area contributed by atoms with Gasteiger partial charge in [0.2, 0.25) is 11.8 Å². The molecule has 1 amide bonds. The zero-order chi connectivity index (χ0) is 26.9. The van der Waals surface area contributed by atoms with Crippen molar-refractivity contribution in [2.24, 2.45) is 5.92 Å². The summed E-state index contributed by atoms with van der Waals surface area (Å²) in [6.07, 6.45) is 6.72. The maximum Gasteiger partial charge on any atom is 0.264 e. The molecule has 0 radical (unpaired) electrons. The summed E-state index contributed by atoms with van der Waals surface area (Å²) < 4.78 is 35.4. The Morgan fingerprint density at radius 1 is 0.974 bits per heavy atom. The summed E-state index contributed by atoms with van der Waals surface area (Å²) in [4.78, 5) is 22.2. The number of hydrogen-bond acceptors (Lipinski definition) is 6. The van der Waals surface area contributed by atoms with E-state index >= 15 is 0 Å². The first kappa shape index (κ1) is 26.2. The predicted molar refractivity (Wildman–Crippen MR) is 147 cm³/mol. The molecule has 5 rings (SSSR count). The summed E-state index contributed by atoms with van der Waals surface area (Å²) in [6.45, 7) is 5.96. The number of ether oxygens (including phenoxy) is 1. The number of carbonyl (C=O) groups excluding carboxylic acids is 1. The van der Waals surface area contributed by atoms with Gasteiger partial charge in [0, 0.05) is 17.2 Å². The van der Waals surface area contributed by atoms with E-state index in [1.807, 2.05) is 32.0 Å². The quantitative estimate of drug-likeness (QED) is 0.470. The zero-order valence-electron chi connectivity index (χ0n) is 22.1. The van der Waals surface area contributed by atoms with Gasteiger partial charge in [0.15, 0.2) is 0 Å². The molecule has 2 aromatic carbocycles. The van der Waals surface area contributed by atoms with E-state index in [0.29, 0.717) is 22.7 Å². The van der Waals surface area contributed by atoms with E-state index in [0.717, 1.165) is 36.0 Å². The van der Waals surface area contributed by atoms with Gasteiger partial charge in [0.1, 0.15) is 6.61 Å². The molecule has 0 spiro atoms. The van der Waals surface area contributed by atoms with E-state index in [-0.39, 0.29) is 35.3 Å². The standard InChI is InChI=1S/C29H34N4O4S/c1-18-12-22-15-24(13-18)38(35,36)33-29-31-25(27-19(2)8-7-9-20(27)3)16-26(32-29)37-17-23(30-28(22)34)14-21-10-5-4-6-11-21/h7-9,12-13,15-16,21,23H,4-6,10-11,14,17H2,1-3H3,(H,30,34)(H,31,32,33)/t23-/m1/s1. The van der Waals surface area contributed by atoms with Crippen molar-refractivity contribution in [1.29, 1.82) is 0 Å². The Kier molecular flexibility index (Phi) is 7.38. The van der Waals surface area contributed by atoms with Crippen LogP contribution in [0.2, 0.25) is 0 Å². The zero-order valence-corrected chi connectivity index (χ0v) is 22.9. The van der Waals surface area contributed by atoms with Crippen molar-refractivity contribution in [2.75, 3.05) is 11.3 Å². The average molecular weight is 535 g/mol. The number of benzene rings is 2. The van der Waals surface area contributed by atoms with Crippen LogP contribution < -0.4 is 14.8 Å². The predicted octanol–water partition coefficient (Wildman–Crippen LogP) is 5.33. The van der Waals surface area contributed by atoms with Gasteiger partial charge in [-0.05, 0) is 68.0 Å². The molecule has 0 saturated heterocycles. The average Bonchev–Trinajstić information content (AvgIpc) is 2.87. The first-order valence-electron chi connectivity index (χ1n) is 13.2. The van der Waals surface area contributed by atoms with Gasteiger partial charge in [-0.1, -0.05) is 50.3 Å². The molecule has 1 aromatic heterocycles. The molecule has 4 bridgehead atoms. The maximum absolute atomic E-state index is 13.4. The fourth-order valence-corrected chi connectivity index (χ4v) is 6.63. The molecule has 1 atom stereocenters. The van der Waals surface area contributed by atoms with Crippen LogP contribution in [0, 0.1) is 26.7 Å². The largest absolute Gasteiger partial charge is 0.475 e. The second-order valence-corrected chi connectivity index (χ2v) is 12.2. The molecule has 2 heterocycles. The molecular formula is C29H34N4O4S. The highest BCUT2D eigenvalue weighted by Crippen LogP contribution is 2.31. The number of anilines is 1. The SMILES string of the molecule is Cc1cc2cc(c1)S(=O)(=O)Nc1nc(cc(-c3c(C)cccc3C)n1)OC[C@@H](CC1CCCCC1)NC2=O. The van der Waals surface area contributed by atoms with E-state index in [2.05, 4.69) is 20.0 Å². The van der Waals surface area contributed by atoms with Crippen LogP contribution >= 0.6 is 0 Å². The van der Waals surface area contributed by atoms with E-state index in [4.69, 9.17) is 4.74 Å². The highest BCUT2D eigenvalue weighted by molar-refractivity contribution is 7.92. The summed E-state index contributed by atoms with van der Waals surface area (Å²) in [7, 11) is -4.07. The maximum atomic E-state index is 13.4. The van der Waals surface area contributed by atoms with Gasteiger partial charge < -0.3 is 10.1 Å². The Balaban J connectivity index is 1.60. The van der Waals surface area contributed by atoms with Gasteiger partial charge >= 0.3 is 0 Å². The molecule has 1 fully saturated rings. The van der Waals surface area contributed by atoms with Crippen molar-refractivity contribution in [3.63, 3.8) is 0 Å². The smallest absolute Gasteiger partial charge is 0.264 e. The molecule has 3 aromatic rings. The summed E-state index contributed by atoms with van der Waals surface area (Å²) >= 11 is 0. The lowest BCUT2D eigenvalue weighted by atomic mass is 9.85. The number of rotatable bonds is 3. The molecule has 2 aliphatic rings. The van der Waals surface area contributed by atoms with Gasteiger partial charge in [-0.2, -0.15) is 4.98 Å². The van der Waals surface area contributed by atoms with Crippen LogP contribution in [0.3, 0.4) is 0 Å². The van der Waals surface area contributed by atoms with Crippen LogP contribution in [0.5, 0.6) is 5.88 Å². The van der Waals surface area contributed by atoms with Crippen molar-refractivity contribution >= 4 is 21.9 Å². The van der Waals surface area contributed by atoms with Crippen LogP contribution in [-0.2, 0) is 10.0 Å². The second kappa shape index (κ2) is 10.7. The number of aromatic nitrogens is 2. The lowest BCUT2D eigenvalue weighted by Gasteiger charge is -2.27. The summed E-state index contributed by atoms with van der Waals surface area (Å²) in [5, 5.41) is 3.12. The van der Waals surface area contributed by atoms with Gasteiger partial charge in [-0.15, -0.1) is 0 Å². The molecule has 1 saturated carbocycles. The molecule has 2 N–H and O–H groups in total. The first-order valence-corrected chi connectivity index (χ1v) is 14.7. The fourth-order valence-electron chi connectivity index (χ4n) is 5.55. The number of hydrogen-bond donors (Lipinski definition) is 2. The van der Waals surface area contributed by atoms with Gasteiger partial charge in [-0.3, -0.25) is 4.79 Å². The highest BCUT2D eigenvalue weighted by Gasteiger charge is 2.25. The first-order chi connectivity index (χ1) is 18.2. The Morgan fingerprint density at radius 2 is 1.71 bits per heavy atom. The number of carbonyl (C=O) groups is 1. The highest BCUT2D eigenvalue weighted by atomic mass is 32.2. The monoisotopic (exact) mass is 534 g/mol. The summed E-state index contributed by atoms with van der Waals surface area (Å²) in [6, 6.07) is 12.1. The van der Waals surface area contributed by atoms with E-state index in [1.165, 1.54) is 31.4 Å². The van der Waals surface area contributed by atoms with Crippen molar-refractivity contribution in [3.05, 3.63) is 64.7 Å². The van der Waals surface area contributed by atoms with E-state index in [9.17, 15) is 13.2 Å². The molecule has 38 heavy (non-hydrogen) atoms. The minimum Gasteiger partial charge on any atom is -0.475 e. The van der Waals surface area contributed by atoms with Crippen LogP contribution in [0.1, 0.15) is 65.6 Å². The topological polar surface area (TPSA) is 110 Å².